The van der Waals surface area contributed by atoms with Gasteiger partial charge in [-0.15, -0.1) is 15.3 Å². The van der Waals surface area contributed by atoms with E-state index in [0.717, 1.165) is 12.0 Å². The predicted octanol–water partition coefficient (Wildman–Crippen LogP) is 6.06. The van der Waals surface area contributed by atoms with Crippen molar-refractivity contribution >= 4 is 34.9 Å². The summed E-state index contributed by atoms with van der Waals surface area (Å²) in [6, 6.07) is 16.1. The number of nitro groups is 1. The van der Waals surface area contributed by atoms with Crippen LogP contribution in [0.2, 0.25) is 0 Å². The lowest BCUT2D eigenvalue weighted by molar-refractivity contribution is -0.384. The second kappa shape index (κ2) is 12.1. The summed E-state index contributed by atoms with van der Waals surface area (Å²) in [5.41, 5.74) is 2.22. The molecule has 0 aliphatic heterocycles. The number of carbonyl (C=O) groups is 1. The molecule has 0 amide bonds. The van der Waals surface area contributed by atoms with Gasteiger partial charge in [0.25, 0.3) is 11.6 Å². The number of aromatic nitrogens is 4. The highest BCUT2D eigenvalue weighted by molar-refractivity contribution is 5.79. The molecule has 13 nitrogen and oxygen atoms in total. The Labute approximate surface area is 230 Å². The minimum Gasteiger partial charge on any atom is -0.480 e. The van der Waals surface area contributed by atoms with Crippen LogP contribution in [-0.4, -0.2) is 47.8 Å². The number of aryl methyl sites for hydroxylation is 1. The molecule has 40 heavy (non-hydrogen) atoms. The summed E-state index contributed by atoms with van der Waals surface area (Å²) < 4.78 is 1.43. The SMILES string of the molecule is CCC(C)Nc1cc(C)c(N=Nc2nc(-c3ccccc3)nn2-c2ccc([N+](=O)[O-])cc2)c(NC(C)C(=O)O)n1. The van der Waals surface area contributed by atoms with E-state index in [9.17, 15) is 20.0 Å². The molecule has 4 aromatic rings. The van der Waals surface area contributed by atoms with Crippen LogP contribution in [0.4, 0.5) is 29.0 Å². The first-order chi connectivity index (χ1) is 19.2. The van der Waals surface area contributed by atoms with Crippen LogP contribution in [0.3, 0.4) is 0 Å². The van der Waals surface area contributed by atoms with Gasteiger partial charge in [-0.25, -0.2) is 4.98 Å². The molecule has 2 heterocycles. The van der Waals surface area contributed by atoms with E-state index < -0.39 is 16.9 Å². The van der Waals surface area contributed by atoms with E-state index >= 15 is 0 Å². The fraction of sp³-hybridized carbons (Fsp3) is 0.259. The largest absolute Gasteiger partial charge is 0.480 e. The van der Waals surface area contributed by atoms with Crippen LogP contribution in [0.15, 0.2) is 70.9 Å². The average Bonchev–Trinajstić information content (AvgIpc) is 3.37. The molecule has 0 saturated heterocycles. The Morgan fingerprint density at radius 2 is 1.77 bits per heavy atom. The summed E-state index contributed by atoms with van der Waals surface area (Å²) in [7, 11) is 0. The second-order valence-corrected chi connectivity index (χ2v) is 9.17. The zero-order chi connectivity index (χ0) is 28.8. The van der Waals surface area contributed by atoms with Gasteiger partial charge in [-0.1, -0.05) is 37.3 Å². The highest BCUT2D eigenvalue weighted by atomic mass is 16.6. The van der Waals surface area contributed by atoms with Crippen LogP contribution in [-0.2, 0) is 4.79 Å². The number of nitrogens with one attached hydrogen (secondary N) is 2. The van der Waals surface area contributed by atoms with Crippen LogP contribution in [0.1, 0.15) is 32.8 Å². The number of aliphatic carboxylic acids is 1. The van der Waals surface area contributed by atoms with Crippen LogP contribution in [0.25, 0.3) is 17.1 Å². The third-order valence-corrected chi connectivity index (χ3v) is 6.08. The number of pyridine rings is 1. The Hall–Kier alpha value is -5.20. The number of rotatable bonds is 11. The van der Waals surface area contributed by atoms with Crippen LogP contribution in [0, 0.1) is 17.0 Å². The number of hydrogen-bond acceptors (Lipinski definition) is 10. The van der Waals surface area contributed by atoms with E-state index in [1.165, 1.54) is 23.7 Å². The summed E-state index contributed by atoms with van der Waals surface area (Å²) in [4.78, 5) is 31.3. The molecule has 2 aromatic heterocycles. The molecule has 2 atom stereocenters. The van der Waals surface area contributed by atoms with Gasteiger partial charge in [0.15, 0.2) is 11.6 Å². The molecule has 0 bridgehead atoms. The topological polar surface area (TPSA) is 173 Å². The summed E-state index contributed by atoms with van der Waals surface area (Å²) in [6.45, 7) is 7.40. The van der Waals surface area contributed by atoms with Gasteiger partial charge in [-0.3, -0.25) is 14.9 Å². The number of nitrogens with zero attached hydrogens (tertiary/aromatic N) is 7. The number of azo groups is 1. The van der Waals surface area contributed by atoms with E-state index in [1.54, 1.807) is 12.1 Å². The Morgan fingerprint density at radius 3 is 2.40 bits per heavy atom. The minimum atomic E-state index is -1.05. The van der Waals surface area contributed by atoms with Crippen molar-refractivity contribution in [1.82, 2.24) is 19.7 Å². The van der Waals surface area contributed by atoms with Crippen molar-refractivity contribution in [3.63, 3.8) is 0 Å². The molecule has 4 rings (SSSR count). The fourth-order valence-corrected chi connectivity index (χ4v) is 3.65. The predicted molar refractivity (Wildman–Crippen MR) is 151 cm³/mol. The Bertz CT molecular complexity index is 1540. The van der Waals surface area contributed by atoms with E-state index in [0.29, 0.717) is 28.6 Å². The van der Waals surface area contributed by atoms with Crippen molar-refractivity contribution < 1.29 is 14.8 Å². The Balaban J connectivity index is 1.79. The second-order valence-electron chi connectivity index (χ2n) is 9.17. The maximum atomic E-state index is 11.6. The van der Waals surface area contributed by atoms with Crippen LogP contribution < -0.4 is 10.6 Å². The molecule has 2 aromatic carbocycles. The van der Waals surface area contributed by atoms with Gasteiger partial charge in [0.05, 0.1) is 10.6 Å². The summed E-state index contributed by atoms with van der Waals surface area (Å²) in [5.74, 6) is 0.272. The zero-order valence-corrected chi connectivity index (χ0v) is 22.4. The first kappa shape index (κ1) is 27.8. The molecule has 0 fully saturated rings. The fourth-order valence-electron chi connectivity index (χ4n) is 3.65. The molecule has 13 heteroatoms. The van der Waals surface area contributed by atoms with Crippen molar-refractivity contribution in [3.8, 4) is 17.1 Å². The Kier molecular flexibility index (Phi) is 8.42. The molecule has 0 aliphatic carbocycles. The third kappa shape index (κ3) is 6.43. The lowest BCUT2D eigenvalue weighted by Crippen LogP contribution is -2.26. The number of hydrogen-bond donors (Lipinski definition) is 3. The van der Waals surface area contributed by atoms with Gasteiger partial charge >= 0.3 is 5.97 Å². The molecule has 206 valence electrons. The van der Waals surface area contributed by atoms with Crippen molar-refractivity contribution in [1.29, 1.82) is 0 Å². The van der Waals surface area contributed by atoms with Gasteiger partial charge in [0.2, 0.25) is 0 Å². The van der Waals surface area contributed by atoms with Gasteiger partial charge in [-0.05, 0) is 51.0 Å². The van der Waals surface area contributed by atoms with Crippen molar-refractivity contribution in [2.75, 3.05) is 10.6 Å². The number of benzene rings is 2. The highest BCUT2D eigenvalue weighted by Crippen LogP contribution is 2.33. The molecular weight excluding hydrogens is 514 g/mol. The molecule has 0 saturated carbocycles. The maximum Gasteiger partial charge on any atom is 0.325 e. The van der Waals surface area contributed by atoms with Crippen molar-refractivity contribution in [3.05, 3.63) is 76.3 Å². The molecule has 0 radical (unpaired) electrons. The summed E-state index contributed by atoms with van der Waals surface area (Å²) in [6.07, 6.45) is 0.874. The van der Waals surface area contributed by atoms with Crippen molar-refractivity contribution in [2.24, 2.45) is 10.2 Å². The summed E-state index contributed by atoms with van der Waals surface area (Å²) >= 11 is 0. The van der Waals surface area contributed by atoms with Crippen molar-refractivity contribution in [2.45, 2.75) is 46.2 Å². The number of nitro benzene ring substituents is 1. The quantitative estimate of drug-likeness (QED) is 0.115. The monoisotopic (exact) mass is 543 g/mol. The molecular formula is C27H29N9O4. The lowest BCUT2D eigenvalue weighted by atomic mass is 10.2. The van der Waals surface area contributed by atoms with Crippen LogP contribution in [0.5, 0.6) is 0 Å². The molecule has 0 aliphatic rings. The highest BCUT2D eigenvalue weighted by Gasteiger charge is 2.19. The Morgan fingerprint density at radius 1 is 1.07 bits per heavy atom. The molecule has 2 unspecified atom stereocenters. The zero-order valence-electron chi connectivity index (χ0n) is 22.4. The third-order valence-electron chi connectivity index (χ3n) is 6.08. The minimum absolute atomic E-state index is 0.0635. The molecule has 0 spiro atoms. The first-order valence-electron chi connectivity index (χ1n) is 12.6. The first-order valence-corrected chi connectivity index (χ1v) is 12.6. The number of non-ortho nitro benzene ring substituents is 1. The van der Waals surface area contributed by atoms with E-state index in [-0.39, 0.29) is 23.5 Å². The van der Waals surface area contributed by atoms with Gasteiger partial charge in [-0.2, -0.15) is 9.67 Å². The number of carboxylic acid groups (broad SMARTS) is 1. The lowest BCUT2D eigenvalue weighted by Gasteiger charge is -2.17. The summed E-state index contributed by atoms with van der Waals surface area (Å²) in [5, 5.41) is 40.2. The normalized spacial score (nSPS) is 12.7. The standard InChI is InChI=1S/C27H29N9O4/c1-5-17(3)28-22-15-16(2)23(25(30-22)29-18(4)26(37)38)32-33-27-31-24(19-9-7-6-8-10-19)34-35(27)20-11-13-21(14-12-20)36(39)40/h6-15,17-18H,5H2,1-4H3,(H,37,38)(H2,28,29,30). The van der Waals surface area contributed by atoms with E-state index in [4.69, 9.17) is 0 Å². The number of anilines is 2. The molecule has 3 N–H and O–H groups in total. The maximum absolute atomic E-state index is 11.6. The van der Waals surface area contributed by atoms with Crippen LogP contribution >= 0.6 is 0 Å². The van der Waals surface area contributed by atoms with Gasteiger partial charge in [0.1, 0.15) is 17.5 Å². The smallest absolute Gasteiger partial charge is 0.325 e. The average molecular weight is 544 g/mol. The number of carboxylic acids is 1. The van der Waals surface area contributed by atoms with E-state index in [2.05, 4.69) is 35.9 Å². The van der Waals surface area contributed by atoms with E-state index in [1.807, 2.05) is 57.2 Å². The van der Waals surface area contributed by atoms with Gasteiger partial charge < -0.3 is 15.7 Å². The van der Waals surface area contributed by atoms with Gasteiger partial charge in [0, 0.05) is 23.7 Å².